The zero-order chi connectivity index (χ0) is 11.0. The van der Waals surface area contributed by atoms with E-state index in [1.165, 1.54) is 6.08 Å². The van der Waals surface area contributed by atoms with Crippen LogP contribution in [0, 0.1) is 0 Å². The zero-order valence-electron chi connectivity index (χ0n) is 9.13. The summed E-state index contributed by atoms with van der Waals surface area (Å²) in [5, 5.41) is 8.44. The number of allylic oxidation sites excluding steroid dienone is 1. The molecule has 96 valence electrons. The summed E-state index contributed by atoms with van der Waals surface area (Å²) >= 11 is 0. The van der Waals surface area contributed by atoms with Gasteiger partial charge in [-0.1, -0.05) is 12.2 Å². The first-order valence-corrected chi connectivity index (χ1v) is 4.45. The van der Waals surface area contributed by atoms with Crippen LogP contribution in [0.3, 0.4) is 0 Å². The molecular weight excluding hydrogens is 253 g/mol. The van der Waals surface area contributed by atoms with Crippen LogP contribution in [-0.2, 0) is 4.79 Å². The van der Waals surface area contributed by atoms with Gasteiger partial charge in [0, 0.05) is 6.54 Å². The number of halogens is 2. The summed E-state index contributed by atoms with van der Waals surface area (Å²) in [4.78, 5) is 14.3. The van der Waals surface area contributed by atoms with Crippen LogP contribution in [-0.4, -0.2) is 29.5 Å². The number of aliphatic imine (C=N–C) groups is 1. The number of unbranched alkanes of at least 4 members (excludes halogenated alkanes) is 1. The molecule has 0 heterocycles. The third kappa shape index (κ3) is 13.2. The zero-order valence-corrected chi connectivity index (χ0v) is 10.8. The molecule has 0 aromatic rings. The molecule has 0 unspecified atom stereocenters. The summed E-state index contributed by atoms with van der Waals surface area (Å²) in [5.74, 6) is -0.451. The molecular formula is C9H19Cl2N3O2. The van der Waals surface area contributed by atoms with Gasteiger partial charge in [0.2, 0.25) is 0 Å². The normalized spacial score (nSPS) is 12.8. The largest absolute Gasteiger partial charge is 0.480 e. The first-order chi connectivity index (χ1) is 6.54. The second-order valence-electron chi connectivity index (χ2n) is 2.96. The van der Waals surface area contributed by atoms with Crippen molar-refractivity contribution in [1.82, 2.24) is 0 Å². The molecule has 0 aromatic carbocycles. The molecule has 7 heteroatoms. The summed E-state index contributed by atoms with van der Waals surface area (Å²) in [7, 11) is 0. The highest BCUT2D eigenvalue weighted by Crippen LogP contribution is 1.93. The highest BCUT2D eigenvalue weighted by Gasteiger charge is 2.04. The van der Waals surface area contributed by atoms with Crippen LogP contribution in [0.25, 0.3) is 0 Å². The molecule has 5 N–H and O–H groups in total. The van der Waals surface area contributed by atoms with Crippen molar-refractivity contribution in [2.45, 2.75) is 25.8 Å². The number of rotatable bonds is 6. The topological polar surface area (TPSA) is 102 Å². The van der Waals surface area contributed by atoms with E-state index >= 15 is 0 Å². The van der Waals surface area contributed by atoms with Crippen LogP contribution >= 0.6 is 24.8 Å². The second kappa shape index (κ2) is 12.3. The Labute approximate surface area is 108 Å². The molecule has 0 aromatic heterocycles. The molecule has 0 aliphatic rings. The van der Waals surface area contributed by atoms with Crippen LogP contribution in [0.2, 0.25) is 0 Å². The number of hydrogen-bond acceptors (Lipinski definition) is 3. The Hall–Kier alpha value is -0.780. The third-order valence-corrected chi connectivity index (χ3v) is 1.52. The number of nitrogens with zero attached hydrogens (tertiary/aromatic N) is 1. The average Bonchev–Trinajstić information content (AvgIpc) is 2.09. The maximum Gasteiger partial charge on any atom is 0.324 e. The highest BCUT2D eigenvalue weighted by atomic mass is 35.5. The molecule has 0 radical (unpaired) electrons. The van der Waals surface area contributed by atoms with Gasteiger partial charge in [0.05, 0.1) is 5.84 Å². The minimum atomic E-state index is -1.02. The maximum absolute atomic E-state index is 10.3. The molecule has 0 aliphatic carbocycles. The Morgan fingerprint density at radius 2 is 2.06 bits per heavy atom. The lowest BCUT2D eigenvalue weighted by Crippen LogP contribution is -2.27. The minimum Gasteiger partial charge on any atom is -0.480 e. The van der Waals surface area contributed by atoms with E-state index in [0.717, 1.165) is 12.8 Å². The Kier molecular flexibility index (Phi) is 15.8. The smallest absolute Gasteiger partial charge is 0.324 e. The number of hydrogen-bond donors (Lipinski definition) is 3. The van der Waals surface area contributed by atoms with Crippen LogP contribution in [0.5, 0.6) is 0 Å². The number of carboxylic acid groups (broad SMARTS) is 1. The lowest BCUT2D eigenvalue weighted by atomic mass is 10.2. The van der Waals surface area contributed by atoms with Crippen LogP contribution in [0.15, 0.2) is 17.1 Å². The van der Waals surface area contributed by atoms with Gasteiger partial charge in [-0.3, -0.25) is 9.79 Å². The number of nitrogens with two attached hydrogens (primary N) is 2. The summed E-state index contributed by atoms with van der Waals surface area (Å²) < 4.78 is 0. The Balaban J connectivity index is -0.000000845. The fraction of sp³-hybridized carbons (Fsp3) is 0.556. The van der Waals surface area contributed by atoms with E-state index in [2.05, 4.69) is 4.99 Å². The Morgan fingerprint density at radius 3 is 2.50 bits per heavy atom. The summed E-state index contributed by atoms with van der Waals surface area (Å²) in [5.41, 5.74) is 10.6. The predicted octanol–water partition coefficient (Wildman–Crippen LogP) is 0.955. The number of aliphatic carboxylic acids is 1. The monoisotopic (exact) mass is 271 g/mol. The molecule has 0 fully saturated rings. The van der Waals surface area contributed by atoms with Crippen LogP contribution < -0.4 is 11.5 Å². The second-order valence-corrected chi connectivity index (χ2v) is 2.96. The molecule has 1 atom stereocenters. The SMILES string of the molecule is CC(N)=NCCC/C=C\[C@@H](N)C(=O)O.Cl.Cl. The molecule has 16 heavy (non-hydrogen) atoms. The van der Waals surface area contributed by atoms with Crippen LogP contribution in [0.4, 0.5) is 0 Å². The quantitative estimate of drug-likeness (QED) is 0.290. The first-order valence-electron chi connectivity index (χ1n) is 4.45. The standard InChI is InChI=1S/C9H17N3O2.2ClH/c1-7(10)12-6-4-2-3-5-8(11)9(13)14;;/h3,5,8H,2,4,6,11H2,1H3,(H2,10,12)(H,13,14);2*1H/b5-3-;;/t8-;;/m1../s1. The van der Waals surface area contributed by atoms with Crippen molar-refractivity contribution in [3.05, 3.63) is 12.2 Å². The predicted molar refractivity (Wildman–Crippen MR) is 70.6 cm³/mol. The van der Waals surface area contributed by atoms with Gasteiger partial charge in [-0.25, -0.2) is 0 Å². The molecule has 0 bridgehead atoms. The molecule has 0 saturated carbocycles. The molecule has 0 amide bonds. The first kappa shape index (κ1) is 20.6. The summed E-state index contributed by atoms with van der Waals surface area (Å²) in [6, 6.07) is -0.908. The van der Waals surface area contributed by atoms with Gasteiger partial charge in [0.15, 0.2) is 0 Å². The molecule has 0 aliphatic heterocycles. The Bertz CT molecular complexity index is 241. The van der Waals surface area contributed by atoms with Gasteiger partial charge < -0.3 is 16.6 Å². The van der Waals surface area contributed by atoms with Gasteiger partial charge in [-0.15, -0.1) is 24.8 Å². The van der Waals surface area contributed by atoms with E-state index in [0.29, 0.717) is 12.4 Å². The fourth-order valence-corrected chi connectivity index (χ4v) is 0.790. The average molecular weight is 272 g/mol. The summed E-state index contributed by atoms with van der Waals surface area (Å²) in [6.07, 6.45) is 4.83. The third-order valence-electron chi connectivity index (χ3n) is 1.52. The molecule has 5 nitrogen and oxygen atoms in total. The molecule has 0 rings (SSSR count). The van der Waals surface area contributed by atoms with Gasteiger partial charge in [0.25, 0.3) is 0 Å². The van der Waals surface area contributed by atoms with Crippen molar-refractivity contribution in [3.8, 4) is 0 Å². The van der Waals surface area contributed by atoms with E-state index in [-0.39, 0.29) is 24.8 Å². The van der Waals surface area contributed by atoms with Crippen LogP contribution in [0.1, 0.15) is 19.8 Å². The van der Waals surface area contributed by atoms with Crippen molar-refractivity contribution in [3.63, 3.8) is 0 Å². The van der Waals surface area contributed by atoms with Gasteiger partial charge in [-0.05, 0) is 19.8 Å². The Morgan fingerprint density at radius 1 is 1.50 bits per heavy atom. The van der Waals surface area contributed by atoms with E-state index < -0.39 is 12.0 Å². The number of carbonyl (C=O) groups is 1. The molecule has 0 spiro atoms. The highest BCUT2D eigenvalue weighted by molar-refractivity contribution is 5.85. The van der Waals surface area contributed by atoms with E-state index in [9.17, 15) is 4.79 Å². The summed E-state index contributed by atoms with van der Waals surface area (Å²) in [6.45, 7) is 2.39. The van der Waals surface area contributed by atoms with Crippen molar-refractivity contribution in [2.75, 3.05) is 6.54 Å². The minimum absolute atomic E-state index is 0. The van der Waals surface area contributed by atoms with E-state index in [4.69, 9.17) is 16.6 Å². The van der Waals surface area contributed by atoms with Gasteiger partial charge >= 0.3 is 5.97 Å². The van der Waals surface area contributed by atoms with Crippen molar-refractivity contribution in [1.29, 1.82) is 0 Å². The van der Waals surface area contributed by atoms with Crippen molar-refractivity contribution >= 4 is 36.6 Å². The van der Waals surface area contributed by atoms with E-state index in [1.54, 1.807) is 13.0 Å². The van der Waals surface area contributed by atoms with Gasteiger partial charge in [-0.2, -0.15) is 0 Å². The van der Waals surface area contributed by atoms with Crippen molar-refractivity contribution in [2.24, 2.45) is 16.5 Å². The fourth-order valence-electron chi connectivity index (χ4n) is 0.790. The molecule has 0 saturated heterocycles. The number of amidine groups is 1. The lowest BCUT2D eigenvalue weighted by Gasteiger charge is -1.97. The maximum atomic E-state index is 10.3. The van der Waals surface area contributed by atoms with Gasteiger partial charge in [0.1, 0.15) is 6.04 Å². The number of carboxylic acids is 1. The lowest BCUT2D eigenvalue weighted by molar-refractivity contribution is -0.137. The van der Waals surface area contributed by atoms with E-state index in [1.807, 2.05) is 0 Å². The van der Waals surface area contributed by atoms with Crippen molar-refractivity contribution < 1.29 is 9.90 Å².